The average Bonchev–Trinajstić information content (AvgIpc) is 2.44. The van der Waals surface area contributed by atoms with Gasteiger partial charge in [-0.25, -0.2) is 8.78 Å². The highest BCUT2D eigenvalue weighted by molar-refractivity contribution is 9.10. The molecule has 0 unspecified atom stereocenters. The molecule has 0 saturated heterocycles. The van der Waals surface area contributed by atoms with Gasteiger partial charge in [-0.15, -0.1) is 0 Å². The molecule has 1 aromatic heterocycles. The van der Waals surface area contributed by atoms with Crippen molar-refractivity contribution >= 4 is 15.9 Å². The van der Waals surface area contributed by atoms with Crippen LogP contribution in [0.4, 0.5) is 8.78 Å². The minimum atomic E-state index is -0.561. The summed E-state index contributed by atoms with van der Waals surface area (Å²) in [4.78, 5) is 3.93. The molecule has 0 bridgehead atoms. The van der Waals surface area contributed by atoms with Gasteiger partial charge < -0.3 is 5.32 Å². The molecule has 19 heavy (non-hydrogen) atoms. The summed E-state index contributed by atoms with van der Waals surface area (Å²) in [7, 11) is 0. The van der Waals surface area contributed by atoms with Crippen molar-refractivity contribution in [2.45, 2.75) is 19.5 Å². The molecular formula is C14H13BrF2N2. The van der Waals surface area contributed by atoms with Crippen LogP contribution in [0.5, 0.6) is 0 Å². The zero-order valence-electron chi connectivity index (χ0n) is 10.3. The Hall–Kier alpha value is -1.33. The fourth-order valence-electron chi connectivity index (χ4n) is 1.76. The molecule has 2 aromatic rings. The van der Waals surface area contributed by atoms with E-state index in [2.05, 4.69) is 26.2 Å². The topological polar surface area (TPSA) is 24.9 Å². The molecule has 2 nitrogen and oxygen atoms in total. The number of nitrogens with one attached hydrogen (secondary N) is 1. The Labute approximate surface area is 119 Å². The summed E-state index contributed by atoms with van der Waals surface area (Å²) in [5, 5.41) is 3.10. The SMILES string of the molecule is C[C@@H](NCc1c(F)ccc(Br)c1F)c1ccncc1. The van der Waals surface area contributed by atoms with Gasteiger partial charge in [-0.05, 0) is 52.7 Å². The molecule has 0 aliphatic carbocycles. The molecule has 0 amide bonds. The van der Waals surface area contributed by atoms with Crippen molar-refractivity contribution in [2.75, 3.05) is 0 Å². The molecular weight excluding hydrogens is 314 g/mol. The highest BCUT2D eigenvalue weighted by atomic mass is 79.9. The lowest BCUT2D eigenvalue weighted by Gasteiger charge is -2.15. The van der Waals surface area contributed by atoms with Crippen LogP contribution in [-0.2, 0) is 6.54 Å². The van der Waals surface area contributed by atoms with Gasteiger partial charge in [-0.2, -0.15) is 0 Å². The maximum absolute atomic E-state index is 13.8. The van der Waals surface area contributed by atoms with Crippen LogP contribution in [0.15, 0.2) is 41.1 Å². The largest absolute Gasteiger partial charge is 0.306 e. The van der Waals surface area contributed by atoms with Crippen LogP contribution in [0.2, 0.25) is 0 Å². The second-order valence-electron chi connectivity index (χ2n) is 4.20. The molecule has 1 aromatic carbocycles. The van der Waals surface area contributed by atoms with Gasteiger partial charge in [0.2, 0.25) is 0 Å². The molecule has 0 fully saturated rings. The van der Waals surface area contributed by atoms with E-state index < -0.39 is 11.6 Å². The first-order valence-electron chi connectivity index (χ1n) is 5.85. The van der Waals surface area contributed by atoms with Gasteiger partial charge in [0.25, 0.3) is 0 Å². The number of rotatable bonds is 4. The van der Waals surface area contributed by atoms with E-state index >= 15 is 0 Å². The summed E-state index contributed by atoms with van der Waals surface area (Å²) in [5.74, 6) is -1.11. The Morgan fingerprint density at radius 1 is 1.21 bits per heavy atom. The molecule has 1 atom stereocenters. The summed E-state index contributed by atoms with van der Waals surface area (Å²) < 4.78 is 27.6. The molecule has 2 rings (SSSR count). The number of pyridine rings is 1. The molecule has 1 N–H and O–H groups in total. The number of nitrogens with zero attached hydrogens (tertiary/aromatic N) is 1. The Morgan fingerprint density at radius 2 is 1.89 bits per heavy atom. The number of benzene rings is 1. The highest BCUT2D eigenvalue weighted by Crippen LogP contribution is 2.22. The van der Waals surface area contributed by atoms with Gasteiger partial charge >= 0.3 is 0 Å². The van der Waals surface area contributed by atoms with Crippen LogP contribution in [0, 0.1) is 11.6 Å². The van der Waals surface area contributed by atoms with Crippen LogP contribution < -0.4 is 5.32 Å². The molecule has 0 spiro atoms. The van der Waals surface area contributed by atoms with Crippen molar-refractivity contribution in [1.82, 2.24) is 10.3 Å². The van der Waals surface area contributed by atoms with Gasteiger partial charge in [0.1, 0.15) is 11.6 Å². The molecule has 0 radical (unpaired) electrons. The highest BCUT2D eigenvalue weighted by Gasteiger charge is 2.13. The van der Waals surface area contributed by atoms with Gasteiger partial charge in [-0.3, -0.25) is 4.98 Å². The molecule has 0 aliphatic rings. The predicted molar refractivity (Wildman–Crippen MR) is 73.5 cm³/mol. The lowest BCUT2D eigenvalue weighted by molar-refractivity contribution is 0.506. The third kappa shape index (κ3) is 3.36. The van der Waals surface area contributed by atoms with E-state index in [4.69, 9.17) is 0 Å². The van der Waals surface area contributed by atoms with Crippen LogP contribution in [0.3, 0.4) is 0 Å². The zero-order chi connectivity index (χ0) is 13.8. The lowest BCUT2D eigenvalue weighted by atomic mass is 10.1. The summed E-state index contributed by atoms with van der Waals surface area (Å²) in [6.45, 7) is 2.06. The number of halogens is 3. The first kappa shape index (κ1) is 14.1. The minimum absolute atomic E-state index is 0.0132. The van der Waals surface area contributed by atoms with E-state index in [1.165, 1.54) is 12.1 Å². The average molecular weight is 327 g/mol. The fourth-order valence-corrected chi connectivity index (χ4v) is 2.13. The molecule has 5 heteroatoms. The van der Waals surface area contributed by atoms with E-state index in [9.17, 15) is 8.78 Å². The Kier molecular flexibility index (Phi) is 4.61. The molecule has 0 aliphatic heterocycles. The van der Waals surface area contributed by atoms with Crippen LogP contribution in [0.25, 0.3) is 0 Å². The Morgan fingerprint density at radius 3 is 2.58 bits per heavy atom. The number of hydrogen-bond acceptors (Lipinski definition) is 2. The van der Waals surface area contributed by atoms with Crippen molar-refractivity contribution in [3.8, 4) is 0 Å². The first-order valence-corrected chi connectivity index (χ1v) is 6.64. The second kappa shape index (κ2) is 6.21. The van der Waals surface area contributed by atoms with Gasteiger partial charge in [0, 0.05) is 30.5 Å². The van der Waals surface area contributed by atoms with Crippen LogP contribution in [-0.4, -0.2) is 4.98 Å². The number of hydrogen-bond donors (Lipinski definition) is 1. The zero-order valence-corrected chi connectivity index (χ0v) is 11.9. The summed E-state index contributed by atoms with van der Waals surface area (Å²) in [6, 6.07) is 6.33. The van der Waals surface area contributed by atoms with E-state index in [1.54, 1.807) is 12.4 Å². The van der Waals surface area contributed by atoms with Crippen LogP contribution in [0.1, 0.15) is 24.1 Å². The quantitative estimate of drug-likeness (QED) is 0.860. The summed E-state index contributed by atoms with van der Waals surface area (Å²) in [5.41, 5.74) is 1.06. The maximum Gasteiger partial charge on any atom is 0.144 e. The van der Waals surface area contributed by atoms with Gasteiger partial charge in [-0.1, -0.05) is 0 Å². The van der Waals surface area contributed by atoms with Crippen molar-refractivity contribution in [2.24, 2.45) is 0 Å². The first-order chi connectivity index (χ1) is 9.09. The monoisotopic (exact) mass is 326 g/mol. The van der Waals surface area contributed by atoms with Gasteiger partial charge in [0.05, 0.1) is 4.47 Å². The van der Waals surface area contributed by atoms with E-state index in [1.807, 2.05) is 19.1 Å². The Balaban J connectivity index is 2.09. The van der Waals surface area contributed by atoms with Crippen molar-refractivity contribution in [1.29, 1.82) is 0 Å². The predicted octanol–water partition coefficient (Wildman–Crippen LogP) is 3.97. The minimum Gasteiger partial charge on any atom is -0.306 e. The maximum atomic E-state index is 13.8. The van der Waals surface area contributed by atoms with Crippen molar-refractivity contribution < 1.29 is 8.78 Å². The molecule has 0 saturated carbocycles. The smallest absolute Gasteiger partial charge is 0.144 e. The van der Waals surface area contributed by atoms with Gasteiger partial charge in [0.15, 0.2) is 0 Å². The Bertz CT molecular complexity index is 561. The third-order valence-corrected chi connectivity index (χ3v) is 3.54. The normalized spacial score (nSPS) is 12.4. The van der Waals surface area contributed by atoms with Crippen LogP contribution >= 0.6 is 15.9 Å². The summed E-state index contributed by atoms with van der Waals surface area (Å²) >= 11 is 3.05. The third-order valence-electron chi connectivity index (χ3n) is 2.93. The number of aromatic nitrogens is 1. The van der Waals surface area contributed by atoms with E-state index in [-0.39, 0.29) is 22.6 Å². The molecule has 1 heterocycles. The van der Waals surface area contributed by atoms with Crippen molar-refractivity contribution in [3.63, 3.8) is 0 Å². The second-order valence-corrected chi connectivity index (χ2v) is 5.06. The van der Waals surface area contributed by atoms with Crippen molar-refractivity contribution in [3.05, 3.63) is 63.9 Å². The van der Waals surface area contributed by atoms with E-state index in [0.717, 1.165) is 5.56 Å². The van der Waals surface area contributed by atoms with E-state index in [0.29, 0.717) is 0 Å². The standard InChI is InChI=1S/C14H13BrF2N2/c1-9(10-4-6-18-7-5-10)19-8-11-13(16)3-2-12(15)14(11)17/h2-7,9,19H,8H2,1H3/t9-/m1/s1. The fraction of sp³-hybridized carbons (Fsp3) is 0.214. The molecule has 100 valence electrons. The lowest BCUT2D eigenvalue weighted by Crippen LogP contribution is -2.19. The summed E-state index contributed by atoms with van der Waals surface area (Å²) in [6.07, 6.45) is 3.38.